The van der Waals surface area contributed by atoms with Gasteiger partial charge in [0.15, 0.2) is 17.5 Å². The molecule has 53 heavy (non-hydrogen) atoms. The first-order chi connectivity index (χ1) is 26.3. The van der Waals surface area contributed by atoms with Gasteiger partial charge < -0.3 is 0 Å². The minimum Gasteiger partial charge on any atom is -0.247 e. The quantitative estimate of drug-likeness (QED) is 0.172. The van der Waals surface area contributed by atoms with Crippen molar-refractivity contribution >= 4 is 74.7 Å². The molecule has 0 fully saturated rings. The Kier molecular flexibility index (Phi) is 6.69. The number of hydrogen-bond acceptors (Lipinski definition) is 5. The molecule has 0 saturated heterocycles. The van der Waals surface area contributed by atoms with Crippen LogP contribution < -0.4 is 0 Å². The van der Waals surface area contributed by atoms with E-state index in [9.17, 15) is 0 Å². The number of rotatable bonds is 4. The Morgan fingerprint density at radius 3 is 1.64 bits per heavy atom. The molecule has 11 aromatic rings. The first kappa shape index (κ1) is 29.9. The van der Waals surface area contributed by atoms with Crippen molar-refractivity contribution in [2.75, 3.05) is 0 Å². The van der Waals surface area contributed by atoms with Crippen molar-refractivity contribution in [1.29, 1.82) is 0 Å². The van der Waals surface area contributed by atoms with Crippen LogP contribution in [0.3, 0.4) is 0 Å². The summed E-state index contributed by atoms with van der Waals surface area (Å²) in [6.07, 6.45) is 0. The Balaban J connectivity index is 1.15. The minimum absolute atomic E-state index is 0.615. The normalized spacial score (nSPS) is 11.8. The van der Waals surface area contributed by atoms with Crippen LogP contribution >= 0.6 is 11.3 Å². The lowest BCUT2D eigenvalue weighted by Gasteiger charge is -2.13. The van der Waals surface area contributed by atoms with Crippen molar-refractivity contribution in [1.82, 2.24) is 19.9 Å². The SMILES string of the molecule is c1cc(-c2nc(-c3cccc4ccccc34)nc(-c3cccc4ccccc34)n2)cc(-c2nc3ccccc3c3c2ccc2c4ccccc4sc23)c1. The van der Waals surface area contributed by atoms with Crippen LogP contribution in [0.1, 0.15) is 0 Å². The summed E-state index contributed by atoms with van der Waals surface area (Å²) < 4.78 is 2.58. The molecule has 4 nitrogen and oxygen atoms in total. The summed E-state index contributed by atoms with van der Waals surface area (Å²) in [6.45, 7) is 0. The molecule has 5 heteroatoms. The topological polar surface area (TPSA) is 51.6 Å². The van der Waals surface area contributed by atoms with Gasteiger partial charge in [0.1, 0.15) is 0 Å². The number of fused-ring (bicyclic) bond motifs is 9. The molecule has 0 spiro atoms. The van der Waals surface area contributed by atoms with E-state index >= 15 is 0 Å². The highest BCUT2D eigenvalue weighted by Gasteiger charge is 2.19. The lowest BCUT2D eigenvalue weighted by Crippen LogP contribution is -2.01. The molecule has 0 N–H and O–H groups in total. The third-order valence-corrected chi connectivity index (χ3v) is 11.5. The molecule has 0 radical (unpaired) electrons. The molecule has 11 rings (SSSR count). The van der Waals surface area contributed by atoms with Gasteiger partial charge in [0, 0.05) is 58.6 Å². The fourth-order valence-corrected chi connectivity index (χ4v) is 9.09. The van der Waals surface area contributed by atoms with Gasteiger partial charge in [-0.3, -0.25) is 0 Å². The van der Waals surface area contributed by atoms with E-state index in [1.54, 1.807) is 0 Å². The molecular weight excluding hydrogens is 665 g/mol. The summed E-state index contributed by atoms with van der Waals surface area (Å²) in [6, 6.07) is 59.6. The van der Waals surface area contributed by atoms with Gasteiger partial charge in [-0.05, 0) is 39.7 Å². The Bertz CT molecular complexity index is 3150. The Morgan fingerprint density at radius 2 is 0.906 bits per heavy atom. The van der Waals surface area contributed by atoms with Crippen LogP contribution in [-0.2, 0) is 0 Å². The third-order valence-electron chi connectivity index (χ3n) is 10.3. The average molecular weight is 693 g/mol. The van der Waals surface area contributed by atoms with Crippen LogP contribution in [0, 0.1) is 0 Å². The van der Waals surface area contributed by atoms with Crippen LogP contribution in [0.4, 0.5) is 0 Å². The van der Waals surface area contributed by atoms with Crippen LogP contribution in [0.15, 0.2) is 170 Å². The van der Waals surface area contributed by atoms with Gasteiger partial charge in [-0.1, -0.05) is 152 Å². The highest BCUT2D eigenvalue weighted by Crippen LogP contribution is 2.43. The van der Waals surface area contributed by atoms with Gasteiger partial charge in [0.2, 0.25) is 0 Å². The third kappa shape index (κ3) is 4.82. The van der Waals surface area contributed by atoms with Gasteiger partial charge in [0.05, 0.1) is 11.2 Å². The van der Waals surface area contributed by atoms with E-state index in [0.717, 1.165) is 65.8 Å². The van der Waals surface area contributed by atoms with Crippen LogP contribution in [-0.4, -0.2) is 19.9 Å². The number of hydrogen-bond donors (Lipinski definition) is 0. The lowest BCUT2D eigenvalue weighted by molar-refractivity contribution is 1.08. The molecule has 0 atom stereocenters. The van der Waals surface area contributed by atoms with Gasteiger partial charge in [0.25, 0.3) is 0 Å². The van der Waals surface area contributed by atoms with Gasteiger partial charge in [-0.2, -0.15) is 0 Å². The number of nitrogens with zero attached hydrogens (tertiary/aromatic N) is 4. The molecule has 3 aromatic heterocycles. The predicted molar refractivity (Wildman–Crippen MR) is 222 cm³/mol. The summed E-state index contributed by atoms with van der Waals surface area (Å²) in [7, 11) is 0. The van der Waals surface area contributed by atoms with E-state index in [1.165, 1.54) is 25.6 Å². The van der Waals surface area contributed by atoms with Gasteiger partial charge in [-0.15, -0.1) is 11.3 Å². The number of thiophene rings is 1. The van der Waals surface area contributed by atoms with Crippen molar-refractivity contribution in [2.24, 2.45) is 0 Å². The van der Waals surface area contributed by atoms with Crippen LogP contribution in [0.25, 0.3) is 109 Å². The largest absolute Gasteiger partial charge is 0.247 e. The first-order valence-electron chi connectivity index (χ1n) is 17.7. The standard InChI is InChI=1S/C48H28N4S/c1-3-18-33-29(12-1)14-10-22-37(33)47-50-46(51-48(52-47)38-23-11-15-30-13-2-4-19-34(30)38)32-17-9-16-31(28-32)44-40-27-26-36-35-20-6-8-25-42(35)53-45(36)43(40)39-21-5-7-24-41(39)49-44/h1-28H. The van der Waals surface area contributed by atoms with E-state index in [4.69, 9.17) is 19.9 Å². The van der Waals surface area contributed by atoms with Crippen molar-refractivity contribution in [3.05, 3.63) is 170 Å². The van der Waals surface area contributed by atoms with Crippen molar-refractivity contribution in [2.45, 2.75) is 0 Å². The molecule has 0 aliphatic heterocycles. The number of benzene rings is 8. The van der Waals surface area contributed by atoms with Crippen molar-refractivity contribution in [3.8, 4) is 45.4 Å². The second-order valence-corrected chi connectivity index (χ2v) is 14.4. The van der Waals surface area contributed by atoms with E-state index in [0.29, 0.717) is 17.5 Å². The summed E-state index contributed by atoms with van der Waals surface area (Å²) in [5.74, 6) is 1.90. The second kappa shape index (κ2) is 11.9. The van der Waals surface area contributed by atoms with E-state index < -0.39 is 0 Å². The molecular formula is C48H28N4S. The maximum absolute atomic E-state index is 5.32. The van der Waals surface area contributed by atoms with E-state index in [-0.39, 0.29) is 0 Å². The zero-order valence-corrected chi connectivity index (χ0v) is 29.2. The predicted octanol–water partition coefficient (Wildman–Crippen LogP) is 12.9. The zero-order chi connectivity index (χ0) is 34.9. The van der Waals surface area contributed by atoms with E-state index in [2.05, 4.69) is 170 Å². The van der Waals surface area contributed by atoms with Gasteiger partial charge in [-0.25, -0.2) is 19.9 Å². The Labute approximate surface area is 308 Å². The Hall–Kier alpha value is -6.82. The molecule has 0 aliphatic rings. The number of para-hydroxylation sites is 1. The van der Waals surface area contributed by atoms with Crippen LogP contribution in [0.5, 0.6) is 0 Å². The molecule has 3 heterocycles. The lowest BCUT2D eigenvalue weighted by atomic mass is 9.97. The second-order valence-electron chi connectivity index (χ2n) is 13.4. The molecule has 0 amide bonds. The fourth-order valence-electron chi connectivity index (χ4n) is 7.83. The maximum atomic E-state index is 5.32. The number of pyridine rings is 1. The smallest absolute Gasteiger partial charge is 0.164 e. The van der Waals surface area contributed by atoms with Gasteiger partial charge >= 0.3 is 0 Å². The molecule has 0 unspecified atom stereocenters. The molecule has 0 aliphatic carbocycles. The highest BCUT2D eigenvalue weighted by atomic mass is 32.1. The molecule has 246 valence electrons. The highest BCUT2D eigenvalue weighted by molar-refractivity contribution is 7.26. The molecule has 0 bridgehead atoms. The summed E-state index contributed by atoms with van der Waals surface area (Å²) >= 11 is 1.86. The average Bonchev–Trinajstić information content (AvgIpc) is 3.62. The number of aromatic nitrogens is 4. The summed E-state index contributed by atoms with van der Waals surface area (Å²) in [5.41, 5.74) is 5.77. The monoisotopic (exact) mass is 692 g/mol. The first-order valence-corrected chi connectivity index (χ1v) is 18.5. The van der Waals surface area contributed by atoms with Crippen molar-refractivity contribution < 1.29 is 0 Å². The van der Waals surface area contributed by atoms with Crippen molar-refractivity contribution in [3.63, 3.8) is 0 Å². The molecule has 8 aromatic carbocycles. The Morgan fingerprint density at radius 1 is 0.358 bits per heavy atom. The van der Waals surface area contributed by atoms with Crippen LogP contribution in [0.2, 0.25) is 0 Å². The molecule has 0 saturated carbocycles. The summed E-state index contributed by atoms with van der Waals surface area (Å²) in [4.78, 5) is 20.9. The maximum Gasteiger partial charge on any atom is 0.164 e. The van der Waals surface area contributed by atoms with E-state index in [1.807, 2.05) is 11.3 Å². The fraction of sp³-hybridized carbons (Fsp3) is 0. The zero-order valence-electron chi connectivity index (χ0n) is 28.4. The summed E-state index contributed by atoms with van der Waals surface area (Å²) in [5, 5.41) is 10.6. The minimum atomic E-state index is 0.615.